The van der Waals surface area contributed by atoms with Crippen LogP contribution in [0.1, 0.15) is 20.2 Å². The highest BCUT2D eigenvalue weighted by Crippen LogP contribution is 2.30. The number of carbonyl (C=O) groups excluding carboxylic acids is 1. The van der Waals surface area contributed by atoms with Crippen molar-refractivity contribution in [2.24, 2.45) is 0 Å². The quantitative estimate of drug-likeness (QED) is 0.537. The van der Waals surface area contributed by atoms with Crippen LogP contribution in [0.15, 0.2) is 54.4 Å². The molecule has 0 saturated heterocycles. The van der Waals surface area contributed by atoms with Crippen molar-refractivity contribution < 1.29 is 9.53 Å². The molecule has 2 heterocycles. The number of hydrogen-bond acceptors (Lipinski definition) is 5. The van der Waals surface area contributed by atoms with Crippen LogP contribution in [0.3, 0.4) is 0 Å². The van der Waals surface area contributed by atoms with Gasteiger partial charge in [-0.25, -0.2) is 4.98 Å². The van der Waals surface area contributed by atoms with Gasteiger partial charge in [0.15, 0.2) is 0 Å². The van der Waals surface area contributed by atoms with E-state index in [1.807, 2.05) is 48.7 Å². The monoisotopic (exact) mass is 384 g/mol. The van der Waals surface area contributed by atoms with Crippen molar-refractivity contribution in [3.8, 4) is 16.3 Å². The van der Waals surface area contributed by atoms with Gasteiger partial charge in [0, 0.05) is 17.0 Å². The molecule has 134 valence electrons. The maximum Gasteiger partial charge on any atom is 0.266 e. The Balaban J connectivity index is 1.85. The Morgan fingerprint density at radius 3 is 2.69 bits per heavy atom. The fraction of sp³-hybridized carbons (Fsp3) is 0.200. The van der Waals surface area contributed by atoms with E-state index < -0.39 is 0 Å². The molecule has 0 saturated carbocycles. The lowest BCUT2D eigenvalue weighted by molar-refractivity contribution is 0.0768. The van der Waals surface area contributed by atoms with Gasteiger partial charge in [-0.05, 0) is 42.6 Å². The van der Waals surface area contributed by atoms with Gasteiger partial charge < -0.3 is 9.64 Å². The first-order chi connectivity index (χ1) is 12.6. The van der Waals surface area contributed by atoms with Gasteiger partial charge in [-0.3, -0.25) is 4.79 Å². The van der Waals surface area contributed by atoms with Crippen LogP contribution in [-0.4, -0.2) is 29.4 Å². The van der Waals surface area contributed by atoms with Crippen LogP contribution in [-0.2, 0) is 6.54 Å². The third-order valence-electron chi connectivity index (χ3n) is 3.89. The van der Waals surface area contributed by atoms with Crippen LogP contribution in [0.2, 0.25) is 0 Å². The van der Waals surface area contributed by atoms with E-state index in [-0.39, 0.29) is 5.91 Å². The summed E-state index contributed by atoms with van der Waals surface area (Å²) in [4.78, 5) is 21.3. The van der Waals surface area contributed by atoms with Crippen molar-refractivity contribution in [2.45, 2.75) is 13.5 Å². The summed E-state index contributed by atoms with van der Waals surface area (Å²) in [6.45, 7) is 6.75. The number of hydrogen-bond donors (Lipinski definition) is 0. The van der Waals surface area contributed by atoms with Crippen LogP contribution in [0, 0.1) is 6.92 Å². The molecule has 4 nitrogen and oxygen atoms in total. The minimum atomic E-state index is -0.00642. The number of carbonyl (C=O) groups is 1. The number of aromatic nitrogens is 1. The fourth-order valence-electron chi connectivity index (χ4n) is 2.56. The molecular weight excluding hydrogens is 364 g/mol. The van der Waals surface area contributed by atoms with Gasteiger partial charge in [-0.2, -0.15) is 0 Å². The van der Waals surface area contributed by atoms with Crippen molar-refractivity contribution in [1.82, 2.24) is 9.88 Å². The van der Waals surface area contributed by atoms with Crippen LogP contribution in [0.5, 0.6) is 5.75 Å². The molecule has 2 aromatic heterocycles. The van der Waals surface area contributed by atoms with E-state index in [0.717, 1.165) is 26.9 Å². The summed E-state index contributed by atoms with van der Waals surface area (Å²) in [5.74, 6) is 0.791. The van der Waals surface area contributed by atoms with Crippen molar-refractivity contribution in [3.05, 3.63) is 69.9 Å². The molecule has 26 heavy (non-hydrogen) atoms. The number of thiophene rings is 1. The van der Waals surface area contributed by atoms with Crippen molar-refractivity contribution in [2.75, 3.05) is 13.7 Å². The first-order valence-electron chi connectivity index (χ1n) is 8.16. The fourth-order valence-corrected chi connectivity index (χ4v) is 4.32. The van der Waals surface area contributed by atoms with Gasteiger partial charge >= 0.3 is 0 Å². The van der Waals surface area contributed by atoms with Crippen LogP contribution < -0.4 is 4.74 Å². The van der Waals surface area contributed by atoms with Crippen LogP contribution in [0.25, 0.3) is 10.6 Å². The van der Waals surface area contributed by atoms with Gasteiger partial charge in [-0.1, -0.05) is 12.1 Å². The summed E-state index contributed by atoms with van der Waals surface area (Å²) in [6, 6.07) is 11.7. The second kappa shape index (κ2) is 8.29. The Morgan fingerprint density at radius 1 is 1.31 bits per heavy atom. The number of ether oxygens (including phenoxy) is 1. The standard InChI is InChI=1S/C20H20N2O2S2/c1-4-11-22(13-17-6-5-12-25-17)20(23)18-14(2)21-19(26-18)15-7-9-16(24-3)10-8-15/h4-10,12H,1,11,13H2,2-3H3. The predicted molar refractivity (Wildman–Crippen MR) is 108 cm³/mol. The van der Waals surface area contributed by atoms with Crippen LogP contribution in [0.4, 0.5) is 0 Å². The second-order valence-corrected chi connectivity index (χ2v) is 7.75. The number of rotatable bonds is 7. The maximum atomic E-state index is 13.1. The molecule has 0 aliphatic heterocycles. The number of aryl methyl sites for hydroxylation is 1. The lowest BCUT2D eigenvalue weighted by atomic mass is 10.2. The Morgan fingerprint density at radius 2 is 2.08 bits per heavy atom. The van der Waals surface area contributed by atoms with Crippen molar-refractivity contribution >= 4 is 28.6 Å². The van der Waals surface area contributed by atoms with Crippen LogP contribution >= 0.6 is 22.7 Å². The van der Waals surface area contributed by atoms with Gasteiger partial charge in [0.1, 0.15) is 15.6 Å². The van der Waals surface area contributed by atoms with E-state index in [2.05, 4.69) is 11.6 Å². The third-order valence-corrected chi connectivity index (χ3v) is 5.95. The lowest BCUT2D eigenvalue weighted by Gasteiger charge is -2.19. The minimum absolute atomic E-state index is 0.00642. The molecule has 0 unspecified atom stereocenters. The molecule has 0 aliphatic rings. The lowest BCUT2D eigenvalue weighted by Crippen LogP contribution is -2.30. The minimum Gasteiger partial charge on any atom is -0.497 e. The molecule has 1 amide bonds. The Labute approximate surface area is 161 Å². The summed E-state index contributed by atoms with van der Waals surface area (Å²) in [7, 11) is 1.64. The van der Waals surface area contributed by atoms with E-state index in [0.29, 0.717) is 18.0 Å². The van der Waals surface area contributed by atoms with E-state index in [1.54, 1.807) is 29.4 Å². The molecule has 1 aromatic carbocycles. The number of benzene rings is 1. The molecule has 6 heteroatoms. The number of thiazole rings is 1. The summed E-state index contributed by atoms with van der Waals surface area (Å²) in [5, 5.41) is 2.86. The van der Waals surface area contributed by atoms with E-state index in [1.165, 1.54) is 11.3 Å². The van der Waals surface area contributed by atoms with E-state index in [4.69, 9.17) is 4.74 Å². The van der Waals surface area contributed by atoms with E-state index in [9.17, 15) is 4.79 Å². The molecular formula is C20H20N2O2S2. The first kappa shape index (κ1) is 18.4. The molecule has 0 atom stereocenters. The zero-order chi connectivity index (χ0) is 18.5. The topological polar surface area (TPSA) is 42.4 Å². The summed E-state index contributed by atoms with van der Waals surface area (Å²) < 4.78 is 5.19. The summed E-state index contributed by atoms with van der Waals surface area (Å²) in [6.07, 6.45) is 1.76. The smallest absolute Gasteiger partial charge is 0.266 e. The third kappa shape index (κ3) is 4.03. The van der Waals surface area contributed by atoms with Crippen molar-refractivity contribution in [3.63, 3.8) is 0 Å². The number of amides is 1. The molecule has 0 N–H and O–H groups in total. The van der Waals surface area contributed by atoms with Gasteiger partial charge in [0.2, 0.25) is 0 Å². The number of methoxy groups -OCH3 is 1. The molecule has 0 bridgehead atoms. The number of nitrogens with zero attached hydrogens (tertiary/aromatic N) is 2. The zero-order valence-electron chi connectivity index (χ0n) is 14.8. The second-order valence-electron chi connectivity index (χ2n) is 5.72. The van der Waals surface area contributed by atoms with Crippen molar-refractivity contribution in [1.29, 1.82) is 0 Å². The summed E-state index contributed by atoms with van der Waals surface area (Å²) in [5.41, 5.74) is 1.73. The Kier molecular flexibility index (Phi) is 5.85. The van der Waals surface area contributed by atoms with Gasteiger partial charge in [0.25, 0.3) is 5.91 Å². The molecule has 0 spiro atoms. The van der Waals surface area contributed by atoms with Gasteiger partial charge in [-0.15, -0.1) is 29.3 Å². The SMILES string of the molecule is C=CCN(Cc1cccs1)C(=O)c1sc(-c2ccc(OC)cc2)nc1C. The largest absolute Gasteiger partial charge is 0.497 e. The Bertz CT molecular complexity index is 883. The maximum absolute atomic E-state index is 13.1. The normalized spacial score (nSPS) is 10.5. The molecule has 3 rings (SSSR count). The predicted octanol–water partition coefficient (Wildman–Crippen LogP) is 5.02. The highest BCUT2D eigenvalue weighted by Gasteiger charge is 2.22. The molecule has 0 fully saturated rings. The first-order valence-corrected chi connectivity index (χ1v) is 9.86. The van der Waals surface area contributed by atoms with E-state index >= 15 is 0 Å². The van der Waals surface area contributed by atoms with Gasteiger partial charge in [0.05, 0.1) is 19.3 Å². The Hall–Kier alpha value is -2.44. The molecule has 0 radical (unpaired) electrons. The molecule has 0 aliphatic carbocycles. The summed E-state index contributed by atoms with van der Waals surface area (Å²) >= 11 is 3.07. The molecule has 3 aromatic rings. The average Bonchev–Trinajstić information content (AvgIpc) is 3.30. The highest BCUT2D eigenvalue weighted by molar-refractivity contribution is 7.17. The zero-order valence-corrected chi connectivity index (χ0v) is 16.4. The average molecular weight is 385 g/mol. The highest BCUT2D eigenvalue weighted by atomic mass is 32.1.